The quantitative estimate of drug-likeness (QED) is 0.666. The molecule has 0 saturated heterocycles. The molecule has 3 heteroatoms. The molecule has 0 atom stereocenters. The highest BCUT2D eigenvalue weighted by Gasteiger charge is 2.11. The molecule has 0 radical (unpaired) electrons. The fourth-order valence-electron chi connectivity index (χ4n) is 2.22. The molecule has 3 N–H and O–H groups in total. The maximum absolute atomic E-state index is 5.94. The molecule has 0 aliphatic carbocycles. The number of fused-ring (bicyclic) bond motifs is 1. The second-order valence-electron chi connectivity index (χ2n) is 4.15. The van der Waals surface area contributed by atoms with E-state index in [0.717, 1.165) is 16.5 Å². The number of nitrogens with zero attached hydrogens (tertiary/aromatic N) is 1. The number of aromatic amines is 1. The number of rotatable bonds is 1. The van der Waals surface area contributed by atoms with E-state index >= 15 is 0 Å². The van der Waals surface area contributed by atoms with Crippen molar-refractivity contribution >= 4 is 16.7 Å². The summed E-state index contributed by atoms with van der Waals surface area (Å²) < 4.78 is 0. The van der Waals surface area contributed by atoms with Crippen LogP contribution in [0.25, 0.3) is 22.0 Å². The van der Waals surface area contributed by atoms with E-state index in [-0.39, 0.29) is 0 Å². The molecule has 0 saturated carbocycles. The molecule has 84 valence electrons. The van der Waals surface area contributed by atoms with Gasteiger partial charge in [0.1, 0.15) is 0 Å². The van der Waals surface area contributed by atoms with Crippen molar-refractivity contribution in [3.05, 3.63) is 48.0 Å². The Kier molecular flexibility index (Phi) is 2.11. The minimum atomic E-state index is 0.558. The van der Waals surface area contributed by atoms with Crippen LogP contribution in [0.3, 0.4) is 0 Å². The maximum Gasteiger partial charge on any atom is 0.153 e. The third-order valence-corrected chi connectivity index (χ3v) is 3.03. The Morgan fingerprint density at radius 2 is 1.82 bits per heavy atom. The first-order chi connectivity index (χ1) is 8.27. The Bertz CT molecular complexity index is 669. The maximum atomic E-state index is 5.94. The van der Waals surface area contributed by atoms with Gasteiger partial charge in [0.05, 0.1) is 10.9 Å². The fraction of sp³-hybridized carbons (Fsp3) is 0.0714. The van der Waals surface area contributed by atoms with E-state index in [1.807, 2.05) is 24.3 Å². The Morgan fingerprint density at radius 1 is 1.06 bits per heavy atom. The summed E-state index contributed by atoms with van der Waals surface area (Å²) >= 11 is 0. The van der Waals surface area contributed by atoms with Crippen LogP contribution in [0.4, 0.5) is 5.82 Å². The van der Waals surface area contributed by atoms with Crippen molar-refractivity contribution in [2.45, 2.75) is 6.92 Å². The monoisotopic (exact) mass is 223 g/mol. The van der Waals surface area contributed by atoms with Gasteiger partial charge in [-0.3, -0.25) is 5.10 Å². The summed E-state index contributed by atoms with van der Waals surface area (Å²) in [4.78, 5) is 0. The van der Waals surface area contributed by atoms with E-state index in [1.165, 1.54) is 11.1 Å². The molecule has 1 heterocycles. The average Bonchev–Trinajstić information content (AvgIpc) is 2.73. The second kappa shape index (κ2) is 3.63. The molecule has 1 aromatic heterocycles. The molecule has 0 aliphatic rings. The van der Waals surface area contributed by atoms with Gasteiger partial charge in [-0.1, -0.05) is 36.4 Å². The lowest BCUT2D eigenvalue weighted by Crippen LogP contribution is -1.89. The van der Waals surface area contributed by atoms with Crippen molar-refractivity contribution in [2.75, 3.05) is 5.73 Å². The Balaban J connectivity index is 2.42. The van der Waals surface area contributed by atoms with Crippen molar-refractivity contribution in [3.63, 3.8) is 0 Å². The highest BCUT2D eigenvalue weighted by molar-refractivity contribution is 6.02. The van der Waals surface area contributed by atoms with Gasteiger partial charge in [0, 0.05) is 0 Å². The predicted octanol–water partition coefficient (Wildman–Crippen LogP) is 3.12. The van der Waals surface area contributed by atoms with Gasteiger partial charge in [-0.15, -0.1) is 0 Å². The molecule has 0 spiro atoms. The summed E-state index contributed by atoms with van der Waals surface area (Å²) in [6.07, 6.45) is 0. The van der Waals surface area contributed by atoms with Gasteiger partial charge in [-0.2, -0.15) is 5.10 Å². The van der Waals surface area contributed by atoms with Gasteiger partial charge in [-0.25, -0.2) is 0 Å². The van der Waals surface area contributed by atoms with Crippen LogP contribution in [0.2, 0.25) is 0 Å². The first-order valence-electron chi connectivity index (χ1n) is 5.56. The van der Waals surface area contributed by atoms with Crippen LogP contribution in [0.5, 0.6) is 0 Å². The second-order valence-corrected chi connectivity index (χ2v) is 4.15. The number of aryl methyl sites for hydroxylation is 1. The lowest BCUT2D eigenvalue weighted by Gasteiger charge is -2.08. The van der Waals surface area contributed by atoms with Crippen LogP contribution >= 0.6 is 0 Å². The molecule has 3 aromatic rings. The average molecular weight is 223 g/mol. The Hall–Kier alpha value is -2.29. The van der Waals surface area contributed by atoms with Gasteiger partial charge in [0.2, 0.25) is 0 Å². The lowest BCUT2D eigenvalue weighted by atomic mass is 9.96. The molecular weight excluding hydrogens is 210 g/mol. The number of hydrogen-bond acceptors (Lipinski definition) is 2. The third-order valence-electron chi connectivity index (χ3n) is 3.03. The standard InChI is InChI=1S/C14H13N3/c1-9-7-8-11-13(14(15)17-16-11)12(9)10-5-3-2-4-6-10/h2-8H,1H3,(H3,15,16,17). The van der Waals surface area contributed by atoms with Gasteiger partial charge in [0.15, 0.2) is 5.82 Å². The molecule has 0 amide bonds. The summed E-state index contributed by atoms with van der Waals surface area (Å²) in [6.45, 7) is 2.09. The first-order valence-corrected chi connectivity index (χ1v) is 5.56. The zero-order valence-corrected chi connectivity index (χ0v) is 9.57. The van der Waals surface area contributed by atoms with E-state index < -0.39 is 0 Å². The summed E-state index contributed by atoms with van der Waals surface area (Å²) in [7, 11) is 0. The van der Waals surface area contributed by atoms with E-state index in [2.05, 4.69) is 35.3 Å². The minimum Gasteiger partial charge on any atom is -0.382 e. The summed E-state index contributed by atoms with van der Waals surface area (Å²) in [6, 6.07) is 14.4. The van der Waals surface area contributed by atoms with Crippen LogP contribution in [0, 0.1) is 6.92 Å². The van der Waals surface area contributed by atoms with E-state index in [0.29, 0.717) is 5.82 Å². The van der Waals surface area contributed by atoms with Crippen LogP contribution < -0.4 is 5.73 Å². The number of aromatic nitrogens is 2. The molecule has 0 aliphatic heterocycles. The number of H-pyrrole nitrogens is 1. The molecule has 0 fully saturated rings. The molecular formula is C14H13N3. The molecule has 3 rings (SSSR count). The highest BCUT2D eigenvalue weighted by atomic mass is 15.1. The van der Waals surface area contributed by atoms with Crippen molar-refractivity contribution in [1.29, 1.82) is 0 Å². The minimum absolute atomic E-state index is 0.558. The van der Waals surface area contributed by atoms with Crippen LogP contribution in [-0.4, -0.2) is 10.2 Å². The number of nitrogen functional groups attached to an aromatic ring is 1. The van der Waals surface area contributed by atoms with Crippen LogP contribution in [0.15, 0.2) is 42.5 Å². The third kappa shape index (κ3) is 1.47. The normalized spacial score (nSPS) is 10.9. The topological polar surface area (TPSA) is 54.7 Å². The molecule has 2 aromatic carbocycles. The number of benzene rings is 2. The lowest BCUT2D eigenvalue weighted by molar-refractivity contribution is 1.13. The number of nitrogens with two attached hydrogens (primary N) is 1. The van der Waals surface area contributed by atoms with E-state index in [4.69, 9.17) is 5.73 Å². The largest absolute Gasteiger partial charge is 0.382 e. The van der Waals surface area contributed by atoms with Crippen molar-refractivity contribution in [1.82, 2.24) is 10.2 Å². The summed E-state index contributed by atoms with van der Waals surface area (Å²) in [5.41, 5.74) is 10.5. The Morgan fingerprint density at radius 3 is 2.59 bits per heavy atom. The zero-order chi connectivity index (χ0) is 11.8. The van der Waals surface area contributed by atoms with E-state index in [9.17, 15) is 0 Å². The number of nitrogens with one attached hydrogen (secondary N) is 1. The molecule has 0 bridgehead atoms. The zero-order valence-electron chi connectivity index (χ0n) is 9.57. The number of hydrogen-bond donors (Lipinski definition) is 2. The SMILES string of the molecule is Cc1ccc2[nH]nc(N)c2c1-c1ccccc1. The van der Waals surface area contributed by atoms with Crippen molar-refractivity contribution in [3.8, 4) is 11.1 Å². The molecule has 3 nitrogen and oxygen atoms in total. The van der Waals surface area contributed by atoms with Crippen molar-refractivity contribution < 1.29 is 0 Å². The highest BCUT2D eigenvalue weighted by Crippen LogP contribution is 2.33. The van der Waals surface area contributed by atoms with Gasteiger partial charge in [0.25, 0.3) is 0 Å². The first kappa shape index (κ1) is 9.90. The summed E-state index contributed by atoms with van der Waals surface area (Å²) in [5.74, 6) is 0.558. The van der Waals surface area contributed by atoms with Crippen molar-refractivity contribution in [2.24, 2.45) is 0 Å². The van der Waals surface area contributed by atoms with Crippen LogP contribution in [-0.2, 0) is 0 Å². The van der Waals surface area contributed by atoms with Gasteiger partial charge < -0.3 is 5.73 Å². The smallest absolute Gasteiger partial charge is 0.153 e. The predicted molar refractivity (Wildman–Crippen MR) is 70.7 cm³/mol. The van der Waals surface area contributed by atoms with Gasteiger partial charge in [-0.05, 0) is 29.7 Å². The Labute approximate surface area is 99.3 Å². The fourth-order valence-corrected chi connectivity index (χ4v) is 2.22. The molecule has 0 unspecified atom stereocenters. The van der Waals surface area contributed by atoms with Gasteiger partial charge >= 0.3 is 0 Å². The van der Waals surface area contributed by atoms with Crippen LogP contribution in [0.1, 0.15) is 5.56 Å². The molecule has 17 heavy (non-hydrogen) atoms. The number of anilines is 1. The van der Waals surface area contributed by atoms with E-state index in [1.54, 1.807) is 0 Å². The summed E-state index contributed by atoms with van der Waals surface area (Å²) in [5, 5.41) is 8.04.